The standard InChI is InChI=1S/C14H20FN3O2.ClH/c15-11-7-6-10(14(17)20)9-12(11)18-13(19)5-3-1-2-4-8-16;/h6-7,9H,1-5,8,16H2,(H2,17,20)(H,18,19);1H. The van der Waals surface area contributed by atoms with E-state index in [9.17, 15) is 14.0 Å². The minimum Gasteiger partial charge on any atom is -0.366 e. The molecule has 1 aromatic rings. The zero-order chi connectivity index (χ0) is 15.0. The number of benzene rings is 1. The molecule has 0 spiro atoms. The molecule has 0 saturated heterocycles. The maximum atomic E-state index is 13.5. The largest absolute Gasteiger partial charge is 0.366 e. The molecule has 5 nitrogen and oxygen atoms in total. The summed E-state index contributed by atoms with van der Waals surface area (Å²) in [5, 5.41) is 2.45. The van der Waals surface area contributed by atoms with Crippen LogP contribution in [0.2, 0.25) is 0 Å². The molecule has 0 unspecified atom stereocenters. The minimum absolute atomic E-state index is 0. The Kier molecular flexibility index (Phi) is 9.32. The summed E-state index contributed by atoms with van der Waals surface area (Å²) < 4.78 is 13.5. The van der Waals surface area contributed by atoms with E-state index < -0.39 is 11.7 Å². The van der Waals surface area contributed by atoms with Gasteiger partial charge in [0.05, 0.1) is 5.69 Å². The second-order valence-corrected chi connectivity index (χ2v) is 4.56. The lowest BCUT2D eigenvalue weighted by Gasteiger charge is -2.07. The second kappa shape index (κ2) is 10.1. The molecule has 0 atom stereocenters. The molecule has 0 radical (unpaired) electrons. The van der Waals surface area contributed by atoms with E-state index in [2.05, 4.69) is 5.32 Å². The first-order valence-electron chi connectivity index (χ1n) is 6.64. The summed E-state index contributed by atoms with van der Waals surface area (Å²) >= 11 is 0. The van der Waals surface area contributed by atoms with Crippen molar-refractivity contribution in [3.05, 3.63) is 29.6 Å². The molecule has 0 heterocycles. The molecular weight excluding hydrogens is 297 g/mol. The number of anilines is 1. The lowest BCUT2D eigenvalue weighted by Crippen LogP contribution is -2.15. The van der Waals surface area contributed by atoms with Crippen LogP contribution in [0, 0.1) is 5.82 Å². The summed E-state index contributed by atoms with van der Waals surface area (Å²) in [4.78, 5) is 22.7. The summed E-state index contributed by atoms with van der Waals surface area (Å²) in [6.45, 7) is 0.650. The number of nitrogens with one attached hydrogen (secondary N) is 1. The van der Waals surface area contributed by atoms with Crippen LogP contribution >= 0.6 is 12.4 Å². The fraction of sp³-hybridized carbons (Fsp3) is 0.429. The quantitative estimate of drug-likeness (QED) is 0.641. The van der Waals surface area contributed by atoms with E-state index in [1.165, 1.54) is 12.1 Å². The fourth-order valence-electron chi connectivity index (χ4n) is 1.77. The third kappa shape index (κ3) is 7.06. The summed E-state index contributed by atoms with van der Waals surface area (Å²) in [6.07, 6.45) is 3.87. The molecule has 2 amide bonds. The molecule has 7 heteroatoms. The lowest BCUT2D eigenvalue weighted by molar-refractivity contribution is -0.116. The van der Waals surface area contributed by atoms with E-state index in [1.807, 2.05) is 0 Å². The van der Waals surface area contributed by atoms with Crippen molar-refractivity contribution in [3.63, 3.8) is 0 Å². The highest BCUT2D eigenvalue weighted by atomic mass is 35.5. The van der Waals surface area contributed by atoms with Gasteiger partial charge in [0.15, 0.2) is 0 Å². The first-order chi connectivity index (χ1) is 9.54. The number of carbonyl (C=O) groups excluding carboxylic acids is 2. The highest BCUT2D eigenvalue weighted by Crippen LogP contribution is 2.16. The Hall–Kier alpha value is -1.66. The molecule has 1 aromatic carbocycles. The molecular formula is C14H21ClFN3O2. The van der Waals surface area contributed by atoms with E-state index in [1.54, 1.807) is 0 Å². The van der Waals surface area contributed by atoms with Crippen molar-refractivity contribution in [1.29, 1.82) is 0 Å². The summed E-state index contributed by atoms with van der Waals surface area (Å²) in [7, 11) is 0. The smallest absolute Gasteiger partial charge is 0.248 e. The van der Waals surface area contributed by atoms with E-state index in [4.69, 9.17) is 11.5 Å². The van der Waals surface area contributed by atoms with Crippen molar-refractivity contribution in [3.8, 4) is 0 Å². The number of nitrogens with two attached hydrogens (primary N) is 2. The van der Waals surface area contributed by atoms with E-state index >= 15 is 0 Å². The second-order valence-electron chi connectivity index (χ2n) is 4.56. The van der Waals surface area contributed by atoms with E-state index in [0.717, 1.165) is 31.7 Å². The van der Waals surface area contributed by atoms with Gasteiger partial charge in [-0.15, -0.1) is 12.4 Å². The number of rotatable bonds is 8. The molecule has 5 N–H and O–H groups in total. The molecule has 0 aliphatic rings. The normalized spacial score (nSPS) is 9.81. The molecule has 0 saturated carbocycles. The molecule has 1 rings (SSSR count). The van der Waals surface area contributed by atoms with Crippen molar-refractivity contribution in [1.82, 2.24) is 0 Å². The van der Waals surface area contributed by atoms with Gasteiger partial charge >= 0.3 is 0 Å². The van der Waals surface area contributed by atoms with Gasteiger partial charge < -0.3 is 16.8 Å². The van der Waals surface area contributed by atoms with Crippen LogP contribution in [-0.4, -0.2) is 18.4 Å². The average molecular weight is 318 g/mol. The average Bonchev–Trinajstić information content (AvgIpc) is 2.40. The molecule has 0 fully saturated rings. The molecule has 118 valence electrons. The number of carbonyl (C=O) groups is 2. The zero-order valence-electron chi connectivity index (χ0n) is 11.7. The zero-order valence-corrected chi connectivity index (χ0v) is 12.5. The molecule has 0 aromatic heterocycles. The molecule has 0 aliphatic heterocycles. The van der Waals surface area contributed by atoms with Crippen molar-refractivity contribution >= 4 is 29.9 Å². The van der Waals surface area contributed by atoms with Crippen molar-refractivity contribution in [2.75, 3.05) is 11.9 Å². The summed E-state index contributed by atoms with van der Waals surface area (Å²) in [6, 6.07) is 3.63. The van der Waals surface area contributed by atoms with Gasteiger partial charge in [-0.3, -0.25) is 9.59 Å². The van der Waals surface area contributed by atoms with Crippen LogP contribution < -0.4 is 16.8 Å². The fourth-order valence-corrected chi connectivity index (χ4v) is 1.77. The third-order valence-electron chi connectivity index (χ3n) is 2.88. The molecule has 21 heavy (non-hydrogen) atoms. The number of hydrogen-bond donors (Lipinski definition) is 3. The van der Waals surface area contributed by atoms with Gasteiger partial charge in [0.25, 0.3) is 0 Å². The SMILES string of the molecule is Cl.NCCCCCCC(=O)Nc1cc(C(N)=O)ccc1F. The minimum atomic E-state index is -0.665. The van der Waals surface area contributed by atoms with Crippen LogP contribution in [0.15, 0.2) is 18.2 Å². The van der Waals surface area contributed by atoms with Crippen molar-refractivity contribution in [2.45, 2.75) is 32.1 Å². The Morgan fingerprint density at radius 3 is 2.43 bits per heavy atom. The van der Waals surface area contributed by atoms with Crippen LogP contribution in [0.3, 0.4) is 0 Å². The Morgan fingerprint density at radius 1 is 1.14 bits per heavy atom. The van der Waals surface area contributed by atoms with Gasteiger partial charge in [0.2, 0.25) is 11.8 Å². The van der Waals surface area contributed by atoms with Gasteiger partial charge in [0.1, 0.15) is 5.82 Å². The first-order valence-corrected chi connectivity index (χ1v) is 6.64. The Balaban J connectivity index is 0.00000400. The van der Waals surface area contributed by atoms with Crippen molar-refractivity contribution in [2.24, 2.45) is 11.5 Å². The Labute approximate surface area is 129 Å². The van der Waals surface area contributed by atoms with Gasteiger partial charge in [-0.25, -0.2) is 4.39 Å². The van der Waals surface area contributed by atoms with Crippen LogP contribution in [0.4, 0.5) is 10.1 Å². The van der Waals surface area contributed by atoms with Crippen LogP contribution in [-0.2, 0) is 4.79 Å². The number of hydrogen-bond acceptors (Lipinski definition) is 3. The third-order valence-corrected chi connectivity index (χ3v) is 2.88. The maximum absolute atomic E-state index is 13.5. The molecule has 0 bridgehead atoms. The van der Waals surface area contributed by atoms with Gasteiger partial charge in [-0.05, 0) is 37.6 Å². The summed E-state index contributed by atoms with van der Waals surface area (Å²) in [5.41, 5.74) is 10.6. The monoisotopic (exact) mass is 317 g/mol. The number of unbranched alkanes of at least 4 members (excludes halogenated alkanes) is 3. The predicted octanol–water partition coefficient (Wildman–Crippen LogP) is 2.19. The highest BCUT2D eigenvalue weighted by Gasteiger charge is 2.10. The van der Waals surface area contributed by atoms with Crippen molar-refractivity contribution < 1.29 is 14.0 Å². The highest BCUT2D eigenvalue weighted by molar-refractivity contribution is 5.96. The maximum Gasteiger partial charge on any atom is 0.248 e. The number of halogens is 2. The Morgan fingerprint density at radius 2 is 1.81 bits per heavy atom. The first kappa shape index (κ1) is 19.3. The predicted molar refractivity (Wildman–Crippen MR) is 82.9 cm³/mol. The van der Waals surface area contributed by atoms with Crippen LogP contribution in [0.1, 0.15) is 42.5 Å². The van der Waals surface area contributed by atoms with E-state index in [-0.39, 0.29) is 29.6 Å². The van der Waals surface area contributed by atoms with Crippen LogP contribution in [0.25, 0.3) is 0 Å². The number of primary amides is 1. The van der Waals surface area contributed by atoms with E-state index in [0.29, 0.717) is 13.0 Å². The number of amides is 2. The summed E-state index contributed by atoms with van der Waals surface area (Å²) in [5.74, 6) is -1.54. The van der Waals surface area contributed by atoms with Gasteiger partial charge in [0, 0.05) is 12.0 Å². The van der Waals surface area contributed by atoms with Gasteiger partial charge in [-0.1, -0.05) is 12.8 Å². The lowest BCUT2D eigenvalue weighted by atomic mass is 10.1. The van der Waals surface area contributed by atoms with Gasteiger partial charge in [-0.2, -0.15) is 0 Å². The topological polar surface area (TPSA) is 98.2 Å². The Bertz CT molecular complexity index is 483. The molecule has 0 aliphatic carbocycles. The van der Waals surface area contributed by atoms with Crippen LogP contribution in [0.5, 0.6) is 0 Å².